The molecule has 1 aromatic carbocycles. The highest BCUT2D eigenvalue weighted by molar-refractivity contribution is 5.81. The molecule has 0 bridgehead atoms. The first-order chi connectivity index (χ1) is 11.0. The highest BCUT2D eigenvalue weighted by Crippen LogP contribution is 2.45. The molecule has 0 aliphatic heterocycles. The summed E-state index contributed by atoms with van der Waals surface area (Å²) in [7, 11) is 0. The van der Waals surface area contributed by atoms with E-state index in [1.807, 2.05) is 6.92 Å². The van der Waals surface area contributed by atoms with Crippen LogP contribution in [0.4, 0.5) is 13.2 Å². The quantitative estimate of drug-likeness (QED) is 0.645. The van der Waals surface area contributed by atoms with Gasteiger partial charge in [-0.1, -0.05) is 18.2 Å². The van der Waals surface area contributed by atoms with E-state index < -0.39 is 6.36 Å². The third kappa shape index (κ3) is 4.53. The first-order valence-corrected chi connectivity index (χ1v) is 7.88. The molecule has 2 N–H and O–H groups in total. The summed E-state index contributed by atoms with van der Waals surface area (Å²) in [6, 6.07) is 6.90. The van der Waals surface area contributed by atoms with E-state index in [2.05, 4.69) is 20.4 Å². The summed E-state index contributed by atoms with van der Waals surface area (Å²) >= 11 is 0. The Kier molecular flexibility index (Phi) is 4.37. The number of rotatable bonds is 5. The van der Waals surface area contributed by atoms with Crippen LogP contribution in [0, 0.1) is 0 Å². The predicted molar refractivity (Wildman–Crippen MR) is 81.5 cm³/mol. The molecule has 1 aromatic rings. The van der Waals surface area contributed by atoms with E-state index >= 15 is 0 Å². The predicted octanol–water partition coefficient (Wildman–Crippen LogP) is 3.16. The van der Waals surface area contributed by atoms with Crippen LogP contribution in [0.25, 0.3) is 0 Å². The number of hydrogen-bond donors (Lipinski definition) is 2. The van der Waals surface area contributed by atoms with Gasteiger partial charge in [-0.05, 0) is 37.8 Å². The largest absolute Gasteiger partial charge is 0.573 e. The lowest BCUT2D eigenvalue weighted by molar-refractivity contribution is -0.274. The maximum absolute atomic E-state index is 12.5. The van der Waals surface area contributed by atoms with Crippen molar-refractivity contribution in [3.05, 3.63) is 29.8 Å². The van der Waals surface area contributed by atoms with Crippen LogP contribution in [0.3, 0.4) is 0 Å². The van der Waals surface area contributed by atoms with Gasteiger partial charge in [-0.15, -0.1) is 13.2 Å². The van der Waals surface area contributed by atoms with Crippen molar-refractivity contribution >= 4 is 5.96 Å². The van der Waals surface area contributed by atoms with Crippen molar-refractivity contribution in [1.29, 1.82) is 0 Å². The van der Waals surface area contributed by atoms with Gasteiger partial charge in [-0.25, -0.2) is 0 Å². The highest BCUT2D eigenvalue weighted by Gasteiger charge is 2.42. The van der Waals surface area contributed by atoms with Gasteiger partial charge in [0.2, 0.25) is 0 Å². The van der Waals surface area contributed by atoms with Gasteiger partial charge in [-0.3, -0.25) is 4.99 Å². The Morgan fingerprint density at radius 1 is 1.26 bits per heavy atom. The van der Waals surface area contributed by atoms with E-state index in [4.69, 9.17) is 0 Å². The zero-order valence-corrected chi connectivity index (χ0v) is 12.9. The number of alkyl halides is 3. The molecule has 7 heteroatoms. The second-order valence-corrected chi connectivity index (χ2v) is 5.92. The number of aliphatic imine (C=N–C) groups is 1. The fourth-order valence-electron chi connectivity index (χ4n) is 2.59. The number of nitrogens with one attached hydrogen (secondary N) is 2. The van der Waals surface area contributed by atoms with Crippen molar-refractivity contribution in [2.45, 2.75) is 50.6 Å². The van der Waals surface area contributed by atoms with Crippen LogP contribution in [-0.4, -0.2) is 31.0 Å². The third-order valence-corrected chi connectivity index (χ3v) is 3.89. The summed E-state index contributed by atoms with van der Waals surface area (Å²) in [5.41, 5.74) is 0.588. The zero-order valence-electron chi connectivity index (χ0n) is 12.9. The lowest BCUT2D eigenvalue weighted by atomic mass is 10.1. The van der Waals surface area contributed by atoms with Crippen LogP contribution in [0.1, 0.15) is 37.7 Å². The van der Waals surface area contributed by atoms with E-state index in [-0.39, 0.29) is 17.7 Å². The van der Waals surface area contributed by atoms with Crippen molar-refractivity contribution in [2.24, 2.45) is 4.99 Å². The molecule has 126 valence electrons. The average molecular weight is 327 g/mol. The van der Waals surface area contributed by atoms with Crippen LogP contribution in [0.2, 0.25) is 0 Å². The minimum atomic E-state index is -4.67. The van der Waals surface area contributed by atoms with Crippen molar-refractivity contribution < 1.29 is 17.9 Å². The Balaban J connectivity index is 1.64. The average Bonchev–Trinajstić information content (AvgIpc) is 3.35. The Morgan fingerprint density at radius 3 is 2.65 bits per heavy atom. The van der Waals surface area contributed by atoms with Crippen molar-refractivity contribution in [3.63, 3.8) is 0 Å². The van der Waals surface area contributed by atoms with Crippen LogP contribution >= 0.6 is 0 Å². The van der Waals surface area contributed by atoms with Crippen LogP contribution in [0.5, 0.6) is 5.75 Å². The van der Waals surface area contributed by atoms with E-state index in [1.54, 1.807) is 18.2 Å². The maximum Gasteiger partial charge on any atom is 0.573 e. The normalized spacial score (nSPS) is 24.3. The zero-order chi connectivity index (χ0) is 16.4. The molecular weight excluding hydrogens is 307 g/mol. The highest BCUT2D eigenvalue weighted by atomic mass is 19.4. The van der Waals surface area contributed by atoms with E-state index in [0.717, 1.165) is 25.2 Å². The fourth-order valence-corrected chi connectivity index (χ4v) is 2.59. The lowest BCUT2D eigenvalue weighted by Gasteiger charge is -2.14. The first-order valence-electron chi connectivity index (χ1n) is 7.88. The summed E-state index contributed by atoms with van der Waals surface area (Å²) in [5.74, 6) is 0.645. The molecule has 0 radical (unpaired) electrons. The van der Waals surface area contributed by atoms with Gasteiger partial charge < -0.3 is 15.4 Å². The van der Waals surface area contributed by atoms with E-state index in [1.165, 1.54) is 6.07 Å². The minimum absolute atomic E-state index is 0.0107. The maximum atomic E-state index is 12.5. The van der Waals surface area contributed by atoms with Crippen molar-refractivity contribution in [1.82, 2.24) is 10.6 Å². The van der Waals surface area contributed by atoms with Crippen molar-refractivity contribution in [3.8, 4) is 5.75 Å². The SMILES string of the molecule is CCN=C(NC1CC1)NC1CC1c1ccccc1OC(F)(F)F. The summed E-state index contributed by atoms with van der Waals surface area (Å²) in [6.07, 6.45) is -1.62. The molecule has 2 aliphatic rings. The standard InChI is InChI=1S/C16H20F3N3O/c1-2-20-15(21-10-7-8-10)22-13-9-12(13)11-5-3-4-6-14(11)23-16(17,18)19/h3-6,10,12-13H,2,7-9H2,1H3,(H2,20,21,22). The summed E-state index contributed by atoms with van der Waals surface area (Å²) in [4.78, 5) is 4.38. The first kappa shape index (κ1) is 16.0. The Labute approximate surface area is 133 Å². The van der Waals surface area contributed by atoms with E-state index in [0.29, 0.717) is 18.2 Å². The van der Waals surface area contributed by atoms with Crippen LogP contribution in [-0.2, 0) is 0 Å². The molecule has 23 heavy (non-hydrogen) atoms. The molecule has 0 aromatic heterocycles. The summed E-state index contributed by atoms with van der Waals surface area (Å²) in [5, 5.41) is 6.62. The molecule has 3 rings (SSSR count). The molecule has 2 atom stereocenters. The fraction of sp³-hybridized carbons (Fsp3) is 0.562. The number of benzene rings is 1. The number of nitrogens with zero attached hydrogens (tertiary/aromatic N) is 1. The molecule has 2 unspecified atom stereocenters. The molecule has 0 spiro atoms. The number of para-hydroxylation sites is 1. The van der Waals surface area contributed by atoms with Gasteiger partial charge in [0.25, 0.3) is 0 Å². The molecule has 4 nitrogen and oxygen atoms in total. The van der Waals surface area contributed by atoms with Gasteiger partial charge in [-0.2, -0.15) is 0 Å². The molecule has 0 saturated heterocycles. The third-order valence-electron chi connectivity index (χ3n) is 3.89. The van der Waals surface area contributed by atoms with Gasteiger partial charge in [0.1, 0.15) is 5.75 Å². The molecule has 2 fully saturated rings. The second kappa shape index (κ2) is 6.29. The van der Waals surface area contributed by atoms with Crippen molar-refractivity contribution in [2.75, 3.05) is 6.54 Å². The lowest BCUT2D eigenvalue weighted by Crippen LogP contribution is -2.40. The molecular formula is C16H20F3N3O. The summed E-state index contributed by atoms with van der Waals surface area (Å²) in [6.45, 7) is 2.61. The monoisotopic (exact) mass is 327 g/mol. The Morgan fingerprint density at radius 2 is 2.00 bits per heavy atom. The Hall–Kier alpha value is -1.92. The van der Waals surface area contributed by atoms with Gasteiger partial charge in [0.05, 0.1) is 0 Å². The molecule has 0 heterocycles. The van der Waals surface area contributed by atoms with Gasteiger partial charge >= 0.3 is 6.36 Å². The topological polar surface area (TPSA) is 45.7 Å². The van der Waals surface area contributed by atoms with E-state index in [9.17, 15) is 13.2 Å². The van der Waals surface area contributed by atoms with Gasteiger partial charge in [0, 0.05) is 24.5 Å². The minimum Gasteiger partial charge on any atom is -0.405 e. The summed E-state index contributed by atoms with van der Waals surface area (Å²) < 4.78 is 41.6. The Bertz CT molecular complexity index is 584. The number of guanidine groups is 1. The van der Waals surface area contributed by atoms with Crippen LogP contribution < -0.4 is 15.4 Å². The second-order valence-electron chi connectivity index (χ2n) is 5.92. The molecule has 2 saturated carbocycles. The number of hydrogen-bond acceptors (Lipinski definition) is 2. The smallest absolute Gasteiger partial charge is 0.405 e. The molecule has 2 aliphatic carbocycles. The molecule has 0 amide bonds. The van der Waals surface area contributed by atoms with Gasteiger partial charge in [0.15, 0.2) is 5.96 Å². The number of ether oxygens (including phenoxy) is 1. The van der Waals surface area contributed by atoms with Crippen LogP contribution in [0.15, 0.2) is 29.3 Å². The number of halogens is 3.